The summed E-state index contributed by atoms with van der Waals surface area (Å²) in [5, 5.41) is 10.7. The van der Waals surface area contributed by atoms with Crippen LogP contribution in [0.5, 0.6) is 0 Å². The van der Waals surface area contributed by atoms with Gasteiger partial charge in [-0.05, 0) is 37.5 Å². The summed E-state index contributed by atoms with van der Waals surface area (Å²) in [6, 6.07) is 10.2. The monoisotopic (exact) mass is 391 g/mol. The van der Waals surface area contributed by atoms with Gasteiger partial charge in [0.15, 0.2) is 5.96 Å². The van der Waals surface area contributed by atoms with Gasteiger partial charge in [-0.25, -0.2) is 13.4 Å². The van der Waals surface area contributed by atoms with Gasteiger partial charge in [-0.15, -0.1) is 0 Å². The molecular weight excluding hydrogens is 362 g/mol. The molecule has 1 unspecified atom stereocenters. The van der Waals surface area contributed by atoms with Crippen molar-refractivity contribution in [3.8, 4) is 0 Å². The summed E-state index contributed by atoms with van der Waals surface area (Å²) < 4.78 is 24.5. The minimum Gasteiger partial charge on any atom is -0.357 e. The van der Waals surface area contributed by atoms with Crippen molar-refractivity contribution in [2.75, 3.05) is 18.6 Å². The summed E-state index contributed by atoms with van der Waals surface area (Å²) in [7, 11) is -2.96. The fourth-order valence-electron chi connectivity index (χ4n) is 2.59. The Morgan fingerprint density at radius 3 is 2.74 bits per heavy atom. The largest absolute Gasteiger partial charge is 0.357 e. The zero-order valence-electron chi connectivity index (χ0n) is 16.2. The second-order valence-corrected chi connectivity index (χ2v) is 8.94. The third-order valence-electron chi connectivity index (χ3n) is 3.96. The summed E-state index contributed by atoms with van der Waals surface area (Å²) in [5.41, 5.74) is 2.28. The van der Waals surface area contributed by atoms with Crippen LogP contribution in [0.25, 0.3) is 0 Å². The number of nitrogens with one attached hydrogen (secondary N) is 2. The van der Waals surface area contributed by atoms with Gasteiger partial charge in [0.25, 0.3) is 0 Å². The molecule has 1 atom stereocenters. The molecule has 2 N–H and O–H groups in total. The van der Waals surface area contributed by atoms with Crippen LogP contribution in [0.2, 0.25) is 0 Å². The predicted octanol–water partition coefficient (Wildman–Crippen LogP) is 1.81. The molecule has 1 aromatic carbocycles. The number of guanidine groups is 1. The molecule has 0 saturated heterocycles. The molecule has 0 saturated carbocycles. The lowest BCUT2D eigenvalue weighted by Gasteiger charge is -2.17. The van der Waals surface area contributed by atoms with Gasteiger partial charge < -0.3 is 10.6 Å². The molecule has 0 radical (unpaired) electrons. The fraction of sp³-hybridized carbons (Fsp3) is 0.474. The highest BCUT2D eigenvalue weighted by molar-refractivity contribution is 7.90. The number of benzene rings is 1. The molecule has 27 heavy (non-hydrogen) atoms. The minimum atomic E-state index is -2.96. The van der Waals surface area contributed by atoms with E-state index in [0.717, 1.165) is 18.7 Å². The maximum absolute atomic E-state index is 11.3. The van der Waals surface area contributed by atoms with Gasteiger partial charge in [0.1, 0.15) is 9.84 Å². The van der Waals surface area contributed by atoms with Gasteiger partial charge in [-0.3, -0.25) is 4.68 Å². The molecule has 0 aliphatic carbocycles. The minimum absolute atomic E-state index is 0.0173. The fourth-order valence-corrected chi connectivity index (χ4v) is 3.38. The Bertz CT molecular complexity index is 832. The number of aliphatic imine (C=N–C) groups is 1. The first-order valence-corrected chi connectivity index (χ1v) is 11.2. The third-order valence-corrected chi connectivity index (χ3v) is 4.94. The van der Waals surface area contributed by atoms with Crippen LogP contribution in [0.4, 0.5) is 0 Å². The van der Waals surface area contributed by atoms with Crippen molar-refractivity contribution in [3.05, 3.63) is 53.9 Å². The molecule has 0 aliphatic rings. The Morgan fingerprint density at radius 2 is 2.07 bits per heavy atom. The standard InChI is InChI=1S/C19H29N5O2S/c1-4-20-19(23-16(2)9-12-27(3,25)26)21-14-17-7-5-8-18(13-17)15-24-11-6-10-22-24/h5-8,10-11,13,16H,4,9,12,14-15H2,1-3H3,(H2,20,21,23). The molecule has 0 fully saturated rings. The molecule has 2 rings (SSSR count). The summed E-state index contributed by atoms with van der Waals surface area (Å²) in [6.45, 7) is 5.97. The lowest BCUT2D eigenvalue weighted by molar-refractivity contribution is 0.581. The highest BCUT2D eigenvalue weighted by Crippen LogP contribution is 2.08. The third kappa shape index (κ3) is 8.25. The van der Waals surface area contributed by atoms with E-state index in [9.17, 15) is 8.42 Å². The van der Waals surface area contributed by atoms with Crippen molar-refractivity contribution >= 4 is 15.8 Å². The van der Waals surface area contributed by atoms with Gasteiger partial charge in [-0.2, -0.15) is 5.10 Å². The van der Waals surface area contributed by atoms with Crippen molar-refractivity contribution in [2.45, 2.75) is 39.4 Å². The number of hydrogen-bond donors (Lipinski definition) is 2. The molecule has 8 heteroatoms. The normalized spacial score (nSPS) is 13.4. The van der Waals surface area contributed by atoms with E-state index in [0.29, 0.717) is 18.9 Å². The van der Waals surface area contributed by atoms with Crippen LogP contribution in [-0.2, 0) is 22.9 Å². The zero-order chi connectivity index (χ0) is 19.7. The maximum atomic E-state index is 11.3. The summed E-state index contributed by atoms with van der Waals surface area (Å²) >= 11 is 0. The van der Waals surface area contributed by atoms with Crippen LogP contribution < -0.4 is 10.6 Å². The number of nitrogens with zero attached hydrogens (tertiary/aromatic N) is 3. The SMILES string of the molecule is CCNC(=NCc1cccc(Cn2cccn2)c1)NC(C)CCS(C)(=O)=O. The van der Waals surface area contributed by atoms with Crippen LogP contribution in [0.15, 0.2) is 47.7 Å². The summed E-state index contributed by atoms with van der Waals surface area (Å²) in [4.78, 5) is 4.63. The Kier molecular flexibility index (Phi) is 7.84. The average Bonchev–Trinajstić information content (AvgIpc) is 3.11. The number of hydrogen-bond acceptors (Lipinski definition) is 4. The molecule has 7 nitrogen and oxygen atoms in total. The first kappa shape index (κ1) is 21.0. The molecule has 0 aliphatic heterocycles. The van der Waals surface area contributed by atoms with Crippen LogP contribution >= 0.6 is 0 Å². The molecule has 1 heterocycles. The van der Waals surface area contributed by atoms with Crippen LogP contribution in [0, 0.1) is 0 Å². The Hall–Kier alpha value is -2.35. The van der Waals surface area contributed by atoms with Gasteiger partial charge in [0, 0.05) is 31.2 Å². The summed E-state index contributed by atoms with van der Waals surface area (Å²) in [6.07, 6.45) is 5.52. The van der Waals surface area contributed by atoms with Gasteiger partial charge >= 0.3 is 0 Å². The second-order valence-electron chi connectivity index (χ2n) is 6.68. The number of aromatic nitrogens is 2. The van der Waals surface area contributed by atoms with E-state index in [1.54, 1.807) is 6.20 Å². The van der Waals surface area contributed by atoms with Crippen LogP contribution in [-0.4, -0.2) is 48.8 Å². The van der Waals surface area contributed by atoms with E-state index in [1.807, 2.05) is 42.9 Å². The van der Waals surface area contributed by atoms with E-state index in [-0.39, 0.29) is 11.8 Å². The lowest BCUT2D eigenvalue weighted by Crippen LogP contribution is -2.42. The van der Waals surface area contributed by atoms with Gasteiger partial charge in [0.05, 0.1) is 18.8 Å². The van der Waals surface area contributed by atoms with Crippen LogP contribution in [0.1, 0.15) is 31.4 Å². The van der Waals surface area contributed by atoms with E-state index in [1.165, 1.54) is 11.8 Å². The molecule has 1 aromatic heterocycles. The Morgan fingerprint density at radius 1 is 1.30 bits per heavy atom. The highest BCUT2D eigenvalue weighted by atomic mass is 32.2. The van der Waals surface area contributed by atoms with Crippen molar-refractivity contribution in [2.24, 2.45) is 4.99 Å². The predicted molar refractivity (Wildman–Crippen MR) is 110 cm³/mol. The molecule has 0 amide bonds. The zero-order valence-corrected chi connectivity index (χ0v) is 17.0. The van der Waals surface area contributed by atoms with E-state index in [2.05, 4.69) is 32.9 Å². The second kappa shape index (κ2) is 10.1. The van der Waals surface area contributed by atoms with Crippen molar-refractivity contribution in [1.82, 2.24) is 20.4 Å². The number of sulfone groups is 1. The maximum Gasteiger partial charge on any atom is 0.191 e. The number of rotatable bonds is 9. The first-order chi connectivity index (χ1) is 12.9. The summed E-state index contributed by atoms with van der Waals surface area (Å²) in [5.74, 6) is 0.853. The smallest absolute Gasteiger partial charge is 0.191 e. The van der Waals surface area contributed by atoms with Crippen molar-refractivity contribution in [3.63, 3.8) is 0 Å². The molecule has 0 spiro atoms. The Balaban J connectivity index is 1.97. The molecule has 2 aromatic rings. The van der Waals surface area contributed by atoms with E-state index >= 15 is 0 Å². The van der Waals surface area contributed by atoms with E-state index < -0.39 is 9.84 Å². The topological polar surface area (TPSA) is 88.4 Å². The lowest BCUT2D eigenvalue weighted by atomic mass is 10.1. The van der Waals surface area contributed by atoms with Gasteiger partial charge in [0.2, 0.25) is 0 Å². The quantitative estimate of drug-likeness (QED) is 0.503. The van der Waals surface area contributed by atoms with Crippen molar-refractivity contribution in [1.29, 1.82) is 0 Å². The first-order valence-electron chi connectivity index (χ1n) is 9.13. The van der Waals surface area contributed by atoms with Crippen LogP contribution in [0.3, 0.4) is 0 Å². The van der Waals surface area contributed by atoms with Gasteiger partial charge in [-0.1, -0.05) is 24.3 Å². The molecule has 148 valence electrons. The Labute approximate surface area is 161 Å². The highest BCUT2D eigenvalue weighted by Gasteiger charge is 2.09. The van der Waals surface area contributed by atoms with Crippen molar-refractivity contribution < 1.29 is 8.42 Å². The van der Waals surface area contributed by atoms with E-state index in [4.69, 9.17) is 0 Å². The average molecular weight is 392 g/mol. The molecule has 0 bridgehead atoms. The molecular formula is C19H29N5O2S.